The molecule has 3 aromatic heterocycles. The second-order valence-electron chi connectivity index (χ2n) is 12.4. The predicted molar refractivity (Wildman–Crippen MR) is 166 cm³/mol. The van der Waals surface area contributed by atoms with E-state index in [0.29, 0.717) is 23.1 Å². The number of likely N-dealkylation sites (tertiary alicyclic amines) is 1. The lowest BCUT2D eigenvalue weighted by atomic mass is 10.1. The third kappa shape index (κ3) is 4.20. The normalized spacial score (nSPS) is 21.3. The number of benzene rings is 2. The van der Waals surface area contributed by atoms with Crippen LogP contribution < -0.4 is 15.2 Å². The molecule has 220 valence electrons. The Morgan fingerprint density at radius 3 is 2.47 bits per heavy atom. The molecule has 1 amide bonds. The number of nitrogens with two attached hydrogens (primary N) is 1. The first-order chi connectivity index (χ1) is 20.9. The average molecular weight is 577 g/mol. The number of pyridine rings is 1. The second-order valence-corrected chi connectivity index (χ2v) is 12.4. The molecule has 8 rings (SSSR count). The molecule has 3 aliphatic rings. The number of ether oxygens (including phenoxy) is 2. The molecule has 4 heterocycles. The molecule has 9 heteroatoms. The van der Waals surface area contributed by atoms with Gasteiger partial charge in [-0.3, -0.25) is 4.79 Å². The summed E-state index contributed by atoms with van der Waals surface area (Å²) in [5, 5.41) is 1.07. The molecule has 3 atom stereocenters. The zero-order chi connectivity index (χ0) is 29.4. The number of hydrogen-bond acceptors (Lipinski definition) is 6. The molecule has 1 aliphatic heterocycles. The van der Waals surface area contributed by atoms with Gasteiger partial charge in [-0.2, -0.15) is 0 Å². The standard InChI is InChI=1S/C34H36N6O3/c1-38-31-26(14-23(16-29(31)43-3)34(41)40-18-22-9-13-27(40)30(22)35)37-33(38)28-15-21-8-12-25(20-6-10-24(42-2)11-7-20)36-32(21)39(28)17-19-4-5-19/h6-8,10-12,14-16,19,22,27,30H,4-5,9,13,17-18,35H2,1-3H3. The van der Waals surface area contributed by atoms with Crippen LogP contribution in [0.3, 0.4) is 0 Å². The molecular weight excluding hydrogens is 540 g/mol. The number of methoxy groups -OCH3 is 2. The Hall–Kier alpha value is -4.37. The van der Waals surface area contributed by atoms with Gasteiger partial charge in [-0.15, -0.1) is 0 Å². The number of amides is 1. The van der Waals surface area contributed by atoms with Gasteiger partial charge >= 0.3 is 0 Å². The van der Waals surface area contributed by atoms with Crippen LogP contribution in [0.5, 0.6) is 11.5 Å². The van der Waals surface area contributed by atoms with E-state index in [4.69, 9.17) is 25.2 Å². The van der Waals surface area contributed by atoms with Gasteiger partial charge in [-0.1, -0.05) is 0 Å². The van der Waals surface area contributed by atoms with E-state index >= 15 is 0 Å². The summed E-state index contributed by atoms with van der Waals surface area (Å²) in [6.45, 7) is 1.62. The van der Waals surface area contributed by atoms with Gasteiger partial charge in [0, 0.05) is 48.7 Å². The van der Waals surface area contributed by atoms with Crippen LogP contribution in [0, 0.1) is 11.8 Å². The van der Waals surface area contributed by atoms with Crippen molar-refractivity contribution in [1.82, 2.24) is 24.0 Å². The van der Waals surface area contributed by atoms with Crippen LogP contribution in [-0.4, -0.2) is 62.8 Å². The van der Waals surface area contributed by atoms with Crippen molar-refractivity contribution >= 4 is 28.0 Å². The molecule has 3 fully saturated rings. The smallest absolute Gasteiger partial charge is 0.254 e. The molecule has 5 aromatic rings. The molecule has 0 spiro atoms. The van der Waals surface area contributed by atoms with E-state index in [9.17, 15) is 4.79 Å². The van der Waals surface area contributed by atoms with E-state index in [-0.39, 0.29) is 18.0 Å². The highest BCUT2D eigenvalue weighted by atomic mass is 16.5. The maximum atomic E-state index is 13.7. The van der Waals surface area contributed by atoms with E-state index in [1.54, 1.807) is 14.2 Å². The summed E-state index contributed by atoms with van der Waals surface area (Å²) in [5.74, 6) is 3.32. The number of aromatic nitrogens is 4. The van der Waals surface area contributed by atoms with Gasteiger partial charge in [0.05, 0.1) is 31.1 Å². The number of rotatable bonds is 7. The second kappa shape index (κ2) is 9.84. The minimum Gasteiger partial charge on any atom is -0.497 e. The molecule has 3 unspecified atom stereocenters. The molecule has 2 aliphatic carbocycles. The van der Waals surface area contributed by atoms with Gasteiger partial charge in [0.15, 0.2) is 5.82 Å². The molecule has 2 saturated carbocycles. The number of hydrogen-bond donors (Lipinski definition) is 1. The first-order valence-electron chi connectivity index (χ1n) is 15.2. The average Bonchev–Trinajstić information content (AvgIpc) is 3.44. The van der Waals surface area contributed by atoms with Gasteiger partial charge in [-0.05, 0) is 92.1 Å². The molecular formula is C34H36N6O3. The summed E-state index contributed by atoms with van der Waals surface area (Å²) in [5.41, 5.74) is 12.5. The number of nitrogens with zero attached hydrogens (tertiary/aromatic N) is 5. The van der Waals surface area contributed by atoms with E-state index < -0.39 is 0 Å². The maximum absolute atomic E-state index is 13.7. The fourth-order valence-electron chi connectivity index (χ4n) is 7.25. The largest absolute Gasteiger partial charge is 0.497 e. The maximum Gasteiger partial charge on any atom is 0.254 e. The lowest BCUT2D eigenvalue weighted by Crippen LogP contribution is -2.41. The topological polar surface area (TPSA) is 100 Å². The zero-order valence-corrected chi connectivity index (χ0v) is 24.8. The number of piperidine rings is 1. The van der Waals surface area contributed by atoms with Gasteiger partial charge < -0.3 is 29.2 Å². The Morgan fingerprint density at radius 1 is 0.977 bits per heavy atom. The Kier molecular flexibility index (Phi) is 6.01. The SMILES string of the molecule is COc1ccc(-c2ccc3cc(-c4nc5cc(C(=O)N6CC7CCC6C7N)cc(OC)c5n4C)n(CC4CC4)c3n2)cc1. The molecule has 43 heavy (non-hydrogen) atoms. The van der Waals surface area contributed by atoms with E-state index in [1.165, 1.54) is 12.8 Å². The Morgan fingerprint density at radius 2 is 1.79 bits per heavy atom. The monoisotopic (exact) mass is 576 g/mol. The highest BCUT2D eigenvalue weighted by Gasteiger charge is 2.47. The Labute approximate surface area is 250 Å². The third-order valence-corrected chi connectivity index (χ3v) is 9.81. The molecule has 2 bridgehead atoms. The summed E-state index contributed by atoms with van der Waals surface area (Å²) < 4.78 is 15.6. The van der Waals surface area contributed by atoms with E-state index in [0.717, 1.165) is 76.5 Å². The number of imidazole rings is 1. The lowest BCUT2D eigenvalue weighted by Gasteiger charge is -2.27. The van der Waals surface area contributed by atoms with Crippen molar-refractivity contribution in [2.24, 2.45) is 24.6 Å². The van der Waals surface area contributed by atoms with Crippen molar-refractivity contribution in [2.75, 3.05) is 20.8 Å². The Bertz CT molecular complexity index is 1890. The van der Waals surface area contributed by atoms with Crippen LogP contribution in [-0.2, 0) is 13.6 Å². The molecule has 2 N–H and O–H groups in total. The van der Waals surface area contributed by atoms with Crippen molar-refractivity contribution in [1.29, 1.82) is 0 Å². The van der Waals surface area contributed by atoms with Crippen LogP contribution in [0.2, 0.25) is 0 Å². The summed E-state index contributed by atoms with van der Waals surface area (Å²) >= 11 is 0. The third-order valence-electron chi connectivity index (χ3n) is 9.81. The van der Waals surface area contributed by atoms with Crippen molar-refractivity contribution in [3.8, 4) is 34.3 Å². The molecule has 0 radical (unpaired) electrons. The number of carbonyl (C=O) groups is 1. The highest BCUT2D eigenvalue weighted by Crippen LogP contribution is 2.40. The van der Waals surface area contributed by atoms with E-state index in [1.807, 2.05) is 48.3 Å². The van der Waals surface area contributed by atoms with E-state index in [2.05, 4.69) is 27.3 Å². The zero-order valence-electron chi connectivity index (χ0n) is 24.8. The van der Waals surface area contributed by atoms with Crippen molar-refractivity contribution in [3.63, 3.8) is 0 Å². The molecule has 9 nitrogen and oxygen atoms in total. The lowest BCUT2D eigenvalue weighted by molar-refractivity contribution is 0.0700. The van der Waals surface area contributed by atoms with Gasteiger partial charge in [0.1, 0.15) is 22.7 Å². The van der Waals surface area contributed by atoms with Gasteiger partial charge in [0.25, 0.3) is 5.91 Å². The minimum atomic E-state index is 0.00756. The summed E-state index contributed by atoms with van der Waals surface area (Å²) in [4.78, 5) is 25.9. The van der Waals surface area contributed by atoms with Crippen LogP contribution in [0.4, 0.5) is 0 Å². The molecule has 2 aromatic carbocycles. The summed E-state index contributed by atoms with van der Waals surface area (Å²) in [7, 11) is 5.34. The van der Waals surface area contributed by atoms with Crippen molar-refractivity contribution < 1.29 is 14.3 Å². The van der Waals surface area contributed by atoms with Gasteiger partial charge in [0.2, 0.25) is 0 Å². The van der Waals surface area contributed by atoms with Crippen molar-refractivity contribution in [2.45, 2.75) is 44.3 Å². The summed E-state index contributed by atoms with van der Waals surface area (Å²) in [6, 6.07) is 18.4. The van der Waals surface area contributed by atoms with Crippen LogP contribution >= 0.6 is 0 Å². The first kappa shape index (κ1) is 26.3. The minimum absolute atomic E-state index is 0.00756. The first-order valence-corrected chi connectivity index (χ1v) is 15.2. The van der Waals surface area contributed by atoms with Crippen LogP contribution in [0.25, 0.3) is 44.8 Å². The number of carbonyl (C=O) groups excluding carboxylic acids is 1. The fraction of sp³-hybridized carbons (Fsp3) is 0.382. The van der Waals surface area contributed by atoms with Crippen LogP contribution in [0.15, 0.2) is 54.6 Å². The highest BCUT2D eigenvalue weighted by molar-refractivity contribution is 6.00. The van der Waals surface area contributed by atoms with Gasteiger partial charge in [-0.25, -0.2) is 9.97 Å². The quantitative estimate of drug-likeness (QED) is 0.284. The predicted octanol–water partition coefficient (Wildman–Crippen LogP) is 5.25. The number of fused-ring (bicyclic) bond motifs is 4. The number of aryl methyl sites for hydroxylation is 1. The Balaban J connectivity index is 1.23. The molecule has 1 saturated heterocycles. The summed E-state index contributed by atoms with van der Waals surface area (Å²) in [6.07, 6.45) is 4.53. The fourth-order valence-corrected chi connectivity index (χ4v) is 7.25. The van der Waals surface area contributed by atoms with Crippen LogP contribution in [0.1, 0.15) is 36.0 Å². The van der Waals surface area contributed by atoms with Crippen molar-refractivity contribution in [3.05, 3.63) is 60.2 Å².